The Hall–Kier alpha value is -0.700. The first kappa shape index (κ1) is 16.4. The molecule has 0 aliphatic heterocycles. The Bertz CT molecular complexity index is 392. The number of carboxylic acids is 1. The van der Waals surface area contributed by atoms with Crippen LogP contribution in [0.5, 0.6) is 0 Å². The van der Waals surface area contributed by atoms with Crippen molar-refractivity contribution < 1.29 is 23.4 Å². The van der Waals surface area contributed by atoms with Gasteiger partial charge in [0.2, 0.25) is 0 Å². The molecule has 0 unspecified atom stereocenters. The van der Waals surface area contributed by atoms with Crippen molar-refractivity contribution in [3.8, 4) is 0 Å². The number of rotatable bonds is 8. The third-order valence-corrected chi connectivity index (χ3v) is 5.43. The summed E-state index contributed by atoms with van der Waals surface area (Å²) in [6.07, 6.45) is 3.34. The largest absolute Gasteiger partial charge is 0.481 e. The summed E-state index contributed by atoms with van der Waals surface area (Å²) in [5.74, 6) is -1.03. The predicted molar refractivity (Wildman–Crippen MR) is 69.9 cm³/mol. The quantitative estimate of drug-likeness (QED) is 0.650. The Balaban J connectivity index is 2.76. The Labute approximate surface area is 114 Å². The Morgan fingerprint density at radius 1 is 1.26 bits per heavy atom. The van der Waals surface area contributed by atoms with Gasteiger partial charge < -0.3 is 10.2 Å². The fraction of sp³-hybridized carbons (Fsp3) is 0.909. The van der Waals surface area contributed by atoms with Gasteiger partial charge in [0.05, 0.1) is 13.0 Å². The minimum absolute atomic E-state index is 0.0599. The van der Waals surface area contributed by atoms with E-state index in [-0.39, 0.29) is 32.2 Å². The molecule has 1 fully saturated rings. The second-order valence-corrected chi connectivity index (χ2v) is 6.73. The molecule has 19 heavy (non-hydrogen) atoms. The zero-order valence-corrected chi connectivity index (χ0v) is 12.0. The standard InChI is InChI=1S/C11H22N2O5S/c1-12(7-6-11(15)16)19(17,18)13(8-9-14)10-4-2-3-5-10/h10,14H,2-9H2,1H3,(H,15,16). The van der Waals surface area contributed by atoms with Gasteiger partial charge in [-0.25, -0.2) is 0 Å². The number of aliphatic hydroxyl groups is 1. The van der Waals surface area contributed by atoms with E-state index in [2.05, 4.69) is 0 Å². The van der Waals surface area contributed by atoms with Gasteiger partial charge in [-0.05, 0) is 12.8 Å². The zero-order chi connectivity index (χ0) is 14.5. The van der Waals surface area contributed by atoms with Crippen molar-refractivity contribution in [1.29, 1.82) is 0 Å². The summed E-state index contributed by atoms with van der Waals surface area (Å²) < 4.78 is 27.1. The molecule has 1 aliphatic rings. The Morgan fingerprint density at radius 2 is 1.84 bits per heavy atom. The maximum Gasteiger partial charge on any atom is 0.304 e. The summed E-state index contributed by atoms with van der Waals surface area (Å²) >= 11 is 0. The van der Waals surface area contributed by atoms with Crippen LogP contribution in [0.25, 0.3) is 0 Å². The van der Waals surface area contributed by atoms with Gasteiger partial charge in [0, 0.05) is 26.2 Å². The van der Waals surface area contributed by atoms with Gasteiger partial charge in [-0.1, -0.05) is 12.8 Å². The molecule has 1 saturated carbocycles. The fourth-order valence-corrected chi connectivity index (χ4v) is 3.90. The van der Waals surface area contributed by atoms with Crippen molar-refractivity contribution >= 4 is 16.2 Å². The van der Waals surface area contributed by atoms with Gasteiger partial charge in [0.25, 0.3) is 10.2 Å². The minimum Gasteiger partial charge on any atom is -0.481 e. The molecule has 0 aromatic rings. The number of carboxylic acid groups (broad SMARTS) is 1. The van der Waals surface area contributed by atoms with Gasteiger partial charge in [-0.2, -0.15) is 17.0 Å². The molecule has 0 spiro atoms. The summed E-state index contributed by atoms with van der Waals surface area (Å²) in [4.78, 5) is 10.5. The van der Waals surface area contributed by atoms with Gasteiger partial charge in [-0.15, -0.1) is 0 Å². The molecule has 112 valence electrons. The highest BCUT2D eigenvalue weighted by Gasteiger charge is 2.34. The van der Waals surface area contributed by atoms with E-state index in [1.165, 1.54) is 11.4 Å². The lowest BCUT2D eigenvalue weighted by Crippen LogP contribution is -2.48. The summed E-state index contributed by atoms with van der Waals surface area (Å²) in [5, 5.41) is 17.6. The van der Waals surface area contributed by atoms with E-state index < -0.39 is 16.2 Å². The number of carbonyl (C=O) groups is 1. The van der Waals surface area contributed by atoms with Gasteiger partial charge in [-0.3, -0.25) is 4.79 Å². The van der Waals surface area contributed by atoms with Crippen LogP contribution in [0, 0.1) is 0 Å². The van der Waals surface area contributed by atoms with Crippen molar-refractivity contribution in [2.24, 2.45) is 0 Å². The summed E-state index contributed by atoms with van der Waals surface area (Å²) in [5.41, 5.74) is 0. The molecule has 1 aliphatic carbocycles. The summed E-state index contributed by atoms with van der Waals surface area (Å²) in [7, 11) is -2.33. The smallest absolute Gasteiger partial charge is 0.304 e. The van der Waals surface area contributed by atoms with Crippen molar-refractivity contribution in [1.82, 2.24) is 8.61 Å². The van der Waals surface area contributed by atoms with Crippen LogP contribution in [-0.2, 0) is 15.0 Å². The first-order valence-corrected chi connectivity index (χ1v) is 7.85. The highest BCUT2D eigenvalue weighted by Crippen LogP contribution is 2.26. The highest BCUT2D eigenvalue weighted by molar-refractivity contribution is 7.86. The molecule has 0 atom stereocenters. The van der Waals surface area contributed by atoms with Crippen LogP contribution in [-0.4, -0.2) is 66.0 Å². The summed E-state index contributed by atoms with van der Waals surface area (Å²) in [6, 6.07) is -0.0792. The molecule has 0 aromatic heterocycles. The van der Waals surface area contributed by atoms with Crippen LogP contribution in [0.2, 0.25) is 0 Å². The Morgan fingerprint density at radius 3 is 2.32 bits per heavy atom. The predicted octanol–water partition coefficient (Wildman–Crippen LogP) is -0.125. The molecular weight excluding hydrogens is 272 g/mol. The molecule has 0 heterocycles. The molecule has 0 aromatic carbocycles. The normalized spacial score (nSPS) is 17.5. The van der Waals surface area contributed by atoms with Crippen molar-refractivity contribution in [3.63, 3.8) is 0 Å². The number of aliphatic hydroxyl groups excluding tert-OH is 1. The van der Waals surface area contributed by atoms with E-state index >= 15 is 0 Å². The van der Waals surface area contributed by atoms with Crippen molar-refractivity contribution in [3.05, 3.63) is 0 Å². The molecule has 8 heteroatoms. The number of hydrogen-bond acceptors (Lipinski definition) is 4. The molecule has 0 saturated heterocycles. The topological polar surface area (TPSA) is 98.2 Å². The number of nitrogens with zero attached hydrogens (tertiary/aromatic N) is 2. The average Bonchev–Trinajstić information content (AvgIpc) is 2.85. The van der Waals surface area contributed by atoms with Crippen LogP contribution in [0.1, 0.15) is 32.1 Å². The molecule has 0 radical (unpaired) electrons. The van der Waals surface area contributed by atoms with Crippen molar-refractivity contribution in [2.45, 2.75) is 38.1 Å². The van der Waals surface area contributed by atoms with Crippen LogP contribution in [0.3, 0.4) is 0 Å². The van der Waals surface area contributed by atoms with E-state index in [0.717, 1.165) is 30.0 Å². The first-order valence-electron chi connectivity index (χ1n) is 6.45. The van der Waals surface area contributed by atoms with E-state index in [9.17, 15) is 13.2 Å². The molecule has 2 N–H and O–H groups in total. The maximum atomic E-state index is 12.4. The molecule has 1 rings (SSSR count). The molecule has 7 nitrogen and oxygen atoms in total. The van der Waals surface area contributed by atoms with Crippen LogP contribution >= 0.6 is 0 Å². The van der Waals surface area contributed by atoms with Crippen LogP contribution in [0.15, 0.2) is 0 Å². The first-order chi connectivity index (χ1) is 8.89. The van der Waals surface area contributed by atoms with Gasteiger partial charge in [0.1, 0.15) is 0 Å². The van der Waals surface area contributed by atoms with E-state index in [4.69, 9.17) is 10.2 Å². The van der Waals surface area contributed by atoms with Crippen molar-refractivity contribution in [2.75, 3.05) is 26.7 Å². The highest BCUT2D eigenvalue weighted by atomic mass is 32.2. The number of hydrogen-bond donors (Lipinski definition) is 2. The third kappa shape index (κ3) is 4.41. The maximum absolute atomic E-state index is 12.4. The summed E-state index contributed by atoms with van der Waals surface area (Å²) in [6.45, 7) is -0.237. The van der Waals surface area contributed by atoms with Crippen LogP contribution in [0.4, 0.5) is 0 Å². The third-order valence-electron chi connectivity index (χ3n) is 3.38. The lowest BCUT2D eigenvalue weighted by Gasteiger charge is -2.31. The second-order valence-electron chi connectivity index (χ2n) is 4.75. The van der Waals surface area contributed by atoms with Crippen LogP contribution < -0.4 is 0 Å². The lowest BCUT2D eigenvalue weighted by atomic mass is 10.2. The monoisotopic (exact) mass is 294 g/mol. The Kier molecular flexibility index (Phi) is 6.18. The lowest BCUT2D eigenvalue weighted by molar-refractivity contribution is -0.137. The fourth-order valence-electron chi connectivity index (χ4n) is 2.32. The zero-order valence-electron chi connectivity index (χ0n) is 11.2. The average molecular weight is 294 g/mol. The second kappa shape index (κ2) is 7.18. The van der Waals surface area contributed by atoms with Gasteiger partial charge >= 0.3 is 5.97 Å². The SMILES string of the molecule is CN(CCC(=O)O)S(=O)(=O)N(CCO)C1CCCC1. The van der Waals surface area contributed by atoms with E-state index in [1.807, 2.05) is 0 Å². The molecule has 0 amide bonds. The number of aliphatic carboxylic acids is 1. The van der Waals surface area contributed by atoms with E-state index in [1.54, 1.807) is 0 Å². The molecule has 0 bridgehead atoms. The van der Waals surface area contributed by atoms with E-state index in [0.29, 0.717) is 0 Å². The molecular formula is C11H22N2O5S. The van der Waals surface area contributed by atoms with Gasteiger partial charge in [0.15, 0.2) is 0 Å². The minimum atomic E-state index is -3.70.